The molecule has 2 aromatic carbocycles. The number of rotatable bonds is 4. The van der Waals surface area contributed by atoms with Crippen molar-refractivity contribution in [3.8, 4) is 11.5 Å². The summed E-state index contributed by atoms with van der Waals surface area (Å²) in [7, 11) is 3.01. The number of carbonyl (C=O) groups excluding carboxylic acids is 3. The zero-order chi connectivity index (χ0) is 21.9. The number of amides is 2. The first-order chi connectivity index (χ1) is 15.0. The number of benzene rings is 2. The molecule has 3 aliphatic heterocycles. The van der Waals surface area contributed by atoms with Gasteiger partial charge in [0.2, 0.25) is 11.8 Å². The van der Waals surface area contributed by atoms with E-state index in [2.05, 4.69) is 0 Å². The van der Waals surface area contributed by atoms with Crippen LogP contribution in [0.5, 0.6) is 11.5 Å². The van der Waals surface area contributed by atoms with Crippen LogP contribution in [0.25, 0.3) is 6.08 Å². The molecule has 1 N–H and O–H groups in total. The van der Waals surface area contributed by atoms with Crippen LogP contribution in [0.1, 0.15) is 24.1 Å². The summed E-state index contributed by atoms with van der Waals surface area (Å²) >= 11 is 0. The number of Topliss-reactive ketones (excluding diaryl/α,β-unsaturated/α-hetero) is 1. The SMILES string of the molecule is COc1ccc(OC)c(N2C(=O)[C@@H]3[C@H](C2=O)[C@@H]2c4ccccc4C=C[NH+]2[C@@H]3C(C)=O)c1. The normalized spacial score (nSPS) is 28.2. The molecule has 2 saturated heterocycles. The molecule has 7 heteroatoms. The van der Waals surface area contributed by atoms with Gasteiger partial charge in [0.15, 0.2) is 11.8 Å². The number of nitrogens with one attached hydrogen (secondary N) is 1. The molecule has 0 aromatic heterocycles. The standard InChI is InChI=1S/C24H22N2O5/c1-13(27)21-19-20(22-16-7-5-4-6-14(16)10-11-25(21)22)24(29)26(23(19)28)17-12-15(30-2)8-9-18(17)31-3/h4-12,19-22H,1-3H3/p+1/t19-,20+,21-,22+/m1/s1. The minimum absolute atomic E-state index is 0.0999. The van der Waals surface area contributed by atoms with Crippen LogP contribution in [-0.4, -0.2) is 37.9 Å². The second kappa shape index (κ2) is 7.06. The molecule has 0 radical (unpaired) electrons. The summed E-state index contributed by atoms with van der Waals surface area (Å²) in [4.78, 5) is 42.2. The Morgan fingerprint density at radius 1 is 1.00 bits per heavy atom. The van der Waals surface area contributed by atoms with Crippen LogP contribution in [0, 0.1) is 11.8 Å². The highest BCUT2D eigenvalue weighted by molar-refractivity contribution is 6.24. The van der Waals surface area contributed by atoms with Crippen LogP contribution in [0.3, 0.4) is 0 Å². The second-order valence-electron chi connectivity index (χ2n) is 8.13. The second-order valence-corrected chi connectivity index (χ2v) is 8.13. The van der Waals surface area contributed by atoms with Crippen LogP contribution in [0.2, 0.25) is 0 Å². The van der Waals surface area contributed by atoms with Crippen molar-refractivity contribution in [1.82, 2.24) is 0 Å². The minimum atomic E-state index is -0.725. The van der Waals surface area contributed by atoms with Crippen LogP contribution in [-0.2, 0) is 14.4 Å². The molecule has 2 aromatic rings. The Morgan fingerprint density at radius 2 is 1.74 bits per heavy atom. The van der Waals surface area contributed by atoms with Gasteiger partial charge in [0.1, 0.15) is 29.4 Å². The molecule has 2 fully saturated rings. The number of hydrogen-bond donors (Lipinski definition) is 1. The summed E-state index contributed by atoms with van der Waals surface area (Å²) in [5, 5.41) is 0. The Balaban J connectivity index is 1.66. The van der Waals surface area contributed by atoms with E-state index in [-0.39, 0.29) is 23.6 Å². The molecule has 158 valence electrons. The van der Waals surface area contributed by atoms with Gasteiger partial charge in [0.25, 0.3) is 0 Å². The Labute approximate surface area is 179 Å². The zero-order valence-corrected chi connectivity index (χ0v) is 17.5. The number of hydrogen-bond acceptors (Lipinski definition) is 5. The van der Waals surface area contributed by atoms with E-state index in [0.29, 0.717) is 17.2 Å². The van der Waals surface area contributed by atoms with Gasteiger partial charge in [-0.05, 0) is 23.8 Å². The molecule has 3 aliphatic rings. The van der Waals surface area contributed by atoms with Crippen molar-refractivity contribution in [2.24, 2.45) is 11.8 Å². The lowest BCUT2D eigenvalue weighted by Crippen LogP contribution is -3.12. The quantitative estimate of drug-likeness (QED) is 0.758. The molecule has 0 saturated carbocycles. The van der Waals surface area contributed by atoms with E-state index in [1.165, 1.54) is 26.0 Å². The van der Waals surface area contributed by atoms with Gasteiger partial charge in [-0.25, -0.2) is 4.90 Å². The van der Waals surface area contributed by atoms with E-state index in [9.17, 15) is 14.4 Å². The number of fused-ring (bicyclic) bond motifs is 5. The molecular weight excluding hydrogens is 396 g/mol. The van der Waals surface area contributed by atoms with Crippen molar-refractivity contribution in [2.45, 2.75) is 19.0 Å². The largest absolute Gasteiger partial charge is 0.497 e. The van der Waals surface area contributed by atoms with Crippen molar-refractivity contribution < 1.29 is 28.8 Å². The number of carbonyl (C=O) groups is 3. The molecule has 31 heavy (non-hydrogen) atoms. The van der Waals surface area contributed by atoms with Crippen LogP contribution in [0.15, 0.2) is 48.7 Å². The van der Waals surface area contributed by atoms with Crippen molar-refractivity contribution >= 4 is 29.4 Å². The van der Waals surface area contributed by atoms with E-state index < -0.39 is 17.9 Å². The van der Waals surface area contributed by atoms with E-state index in [4.69, 9.17) is 9.47 Å². The maximum Gasteiger partial charge on any atom is 0.244 e. The summed E-state index contributed by atoms with van der Waals surface area (Å²) in [5.41, 5.74) is 2.34. The van der Waals surface area contributed by atoms with Crippen molar-refractivity contribution in [2.75, 3.05) is 19.1 Å². The summed E-state index contributed by atoms with van der Waals surface area (Å²) < 4.78 is 10.7. The fourth-order valence-corrected chi connectivity index (χ4v) is 5.43. The average Bonchev–Trinajstić information content (AvgIpc) is 3.26. The third kappa shape index (κ3) is 2.66. The Bertz CT molecular complexity index is 1140. The molecular formula is C24H23N2O5+. The monoisotopic (exact) mass is 419 g/mol. The van der Waals surface area contributed by atoms with Gasteiger partial charge in [-0.15, -0.1) is 0 Å². The summed E-state index contributed by atoms with van der Waals surface area (Å²) in [6.07, 6.45) is 3.89. The highest BCUT2D eigenvalue weighted by Gasteiger charge is 2.67. The number of ketones is 1. The molecule has 5 atom stereocenters. The molecule has 3 heterocycles. The van der Waals surface area contributed by atoms with Gasteiger partial charge in [-0.1, -0.05) is 24.3 Å². The molecule has 5 rings (SSSR count). The number of methoxy groups -OCH3 is 2. The Hall–Kier alpha value is -3.45. The molecule has 1 unspecified atom stereocenters. The number of nitrogens with zero attached hydrogens (tertiary/aromatic N) is 1. The van der Waals surface area contributed by atoms with E-state index >= 15 is 0 Å². The smallest absolute Gasteiger partial charge is 0.244 e. The van der Waals surface area contributed by atoms with Gasteiger partial charge < -0.3 is 9.47 Å². The fraction of sp³-hybridized carbons (Fsp3) is 0.292. The number of imide groups is 1. The maximum absolute atomic E-state index is 13.8. The number of quaternary nitrogens is 1. The number of ether oxygens (including phenoxy) is 2. The van der Waals surface area contributed by atoms with E-state index in [1.54, 1.807) is 18.2 Å². The van der Waals surface area contributed by atoms with Gasteiger partial charge in [-0.3, -0.25) is 19.3 Å². The summed E-state index contributed by atoms with van der Waals surface area (Å²) in [5.74, 6) is -1.22. The van der Waals surface area contributed by atoms with Crippen molar-refractivity contribution in [3.63, 3.8) is 0 Å². The Kier molecular flexibility index (Phi) is 4.44. The molecule has 2 amide bonds. The van der Waals surface area contributed by atoms with Gasteiger partial charge in [0.05, 0.1) is 26.1 Å². The summed E-state index contributed by atoms with van der Waals surface area (Å²) in [6.45, 7) is 1.50. The van der Waals surface area contributed by atoms with Crippen LogP contribution < -0.4 is 19.3 Å². The Morgan fingerprint density at radius 3 is 2.45 bits per heavy atom. The lowest BCUT2D eigenvalue weighted by atomic mass is 9.84. The predicted octanol–water partition coefficient (Wildman–Crippen LogP) is 1.39. The van der Waals surface area contributed by atoms with Gasteiger partial charge in [0, 0.05) is 18.6 Å². The van der Waals surface area contributed by atoms with E-state index in [1.807, 2.05) is 36.5 Å². The van der Waals surface area contributed by atoms with Crippen LogP contribution >= 0.6 is 0 Å². The predicted molar refractivity (Wildman–Crippen MR) is 113 cm³/mol. The minimum Gasteiger partial charge on any atom is -0.497 e. The molecule has 0 bridgehead atoms. The highest BCUT2D eigenvalue weighted by atomic mass is 16.5. The van der Waals surface area contributed by atoms with Crippen molar-refractivity contribution in [1.29, 1.82) is 0 Å². The average molecular weight is 419 g/mol. The zero-order valence-electron chi connectivity index (χ0n) is 17.5. The van der Waals surface area contributed by atoms with Crippen LogP contribution in [0.4, 0.5) is 5.69 Å². The fourth-order valence-electron chi connectivity index (χ4n) is 5.43. The highest BCUT2D eigenvalue weighted by Crippen LogP contribution is 2.46. The summed E-state index contributed by atoms with van der Waals surface area (Å²) in [6, 6.07) is 11.9. The lowest BCUT2D eigenvalue weighted by Gasteiger charge is -2.30. The van der Waals surface area contributed by atoms with Gasteiger partial charge >= 0.3 is 0 Å². The van der Waals surface area contributed by atoms with Crippen molar-refractivity contribution in [3.05, 3.63) is 59.8 Å². The number of anilines is 1. The third-order valence-corrected chi connectivity index (χ3v) is 6.69. The van der Waals surface area contributed by atoms with Gasteiger partial charge in [-0.2, -0.15) is 0 Å². The molecule has 0 spiro atoms. The first kappa shape index (κ1) is 19.5. The molecule has 7 nitrogen and oxygen atoms in total. The van der Waals surface area contributed by atoms with E-state index in [0.717, 1.165) is 16.0 Å². The first-order valence-electron chi connectivity index (χ1n) is 10.2. The first-order valence-corrected chi connectivity index (χ1v) is 10.2. The third-order valence-electron chi connectivity index (χ3n) is 6.69. The topological polar surface area (TPSA) is 77.3 Å². The molecule has 0 aliphatic carbocycles. The maximum atomic E-state index is 13.8. The lowest BCUT2D eigenvalue weighted by molar-refractivity contribution is -0.884.